The molecule has 0 heterocycles. The van der Waals surface area contributed by atoms with Crippen LogP contribution in [0, 0.1) is 13.8 Å². The van der Waals surface area contributed by atoms with E-state index in [9.17, 15) is 4.79 Å². The summed E-state index contributed by atoms with van der Waals surface area (Å²) in [5, 5.41) is 3.30. The van der Waals surface area contributed by atoms with E-state index in [-0.39, 0.29) is 0 Å². The minimum atomic E-state index is -0.438. The van der Waals surface area contributed by atoms with E-state index in [1.165, 1.54) is 12.7 Å². The van der Waals surface area contributed by atoms with Gasteiger partial charge in [-0.15, -0.1) is 0 Å². The van der Waals surface area contributed by atoms with Gasteiger partial charge < -0.3 is 15.8 Å². The second-order valence-electron chi connectivity index (χ2n) is 4.74. The maximum atomic E-state index is 11.6. The number of benzene rings is 2. The van der Waals surface area contributed by atoms with Gasteiger partial charge in [-0.2, -0.15) is 0 Å². The zero-order valence-electron chi connectivity index (χ0n) is 11.9. The Labute approximate surface area is 118 Å². The number of carbonyl (C=O) groups is 1. The van der Waals surface area contributed by atoms with Crippen LogP contribution in [0.15, 0.2) is 36.4 Å². The van der Waals surface area contributed by atoms with E-state index in [4.69, 9.17) is 10.5 Å². The molecule has 0 radical (unpaired) electrons. The van der Waals surface area contributed by atoms with E-state index in [1.807, 2.05) is 19.9 Å². The molecule has 2 aromatic rings. The van der Waals surface area contributed by atoms with Gasteiger partial charge in [0, 0.05) is 17.1 Å². The average molecular weight is 270 g/mol. The second kappa shape index (κ2) is 5.65. The van der Waals surface area contributed by atoms with Crippen LogP contribution < -0.4 is 11.1 Å². The Bertz CT molecular complexity index is 651. The molecule has 0 aromatic heterocycles. The summed E-state index contributed by atoms with van der Waals surface area (Å²) in [7, 11) is 1.34. The third kappa shape index (κ3) is 2.91. The van der Waals surface area contributed by atoms with Crippen LogP contribution in [0.2, 0.25) is 0 Å². The molecule has 0 aliphatic heterocycles. The van der Waals surface area contributed by atoms with Crippen molar-refractivity contribution < 1.29 is 9.53 Å². The molecule has 0 spiro atoms. The van der Waals surface area contributed by atoms with Crippen molar-refractivity contribution in [2.75, 3.05) is 18.2 Å². The molecule has 0 bridgehead atoms. The minimum absolute atomic E-state index is 0.364. The first-order valence-corrected chi connectivity index (χ1v) is 6.33. The smallest absolute Gasteiger partial charge is 0.340 e. The van der Waals surface area contributed by atoms with Gasteiger partial charge in [-0.3, -0.25) is 0 Å². The van der Waals surface area contributed by atoms with Crippen LogP contribution in [-0.4, -0.2) is 13.1 Å². The van der Waals surface area contributed by atoms with Crippen molar-refractivity contribution in [2.24, 2.45) is 0 Å². The Hall–Kier alpha value is -2.49. The third-order valence-electron chi connectivity index (χ3n) is 3.13. The predicted octanol–water partition coefficient (Wildman–Crippen LogP) is 3.42. The lowest BCUT2D eigenvalue weighted by Crippen LogP contribution is -2.06. The van der Waals surface area contributed by atoms with Gasteiger partial charge in [-0.1, -0.05) is 12.1 Å². The molecule has 0 saturated heterocycles. The number of hydrogen-bond donors (Lipinski definition) is 2. The van der Waals surface area contributed by atoms with Crippen molar-refractivity contribution in [2.45, 2.75) is 13.8 Å². The molecule has 0 unspecified atom stereocenters. The summed E-state index contributed by atoms with van der Waals surface area (Å²) < 4.78 is 4.72. The van der Waals surface area contributed by atoms with Gasteiger partial charge in [0.25, 0.3) is 0 Å². The molecule has 2 rings (SSSR count). The van der Waals surface area contributed by atoms with E-state index in [0.29, 0.717) is 11.3 Å². The van der Waals surface area contributed by atoms with Crippen molar-refractivity contribution in [1.82, 2.24) is 0 Å². The molecule has 4 nitrogen and oxygen atoms in total. The van der Waals surface area contributed by atoms with Crippen LogP contribution in [0.3, 0.4) is 0 Å². The topological polar surface area (TPSA) is 64.3 Å². The van der Waals surface area contributed by atoms with Gasteiger partial charge in [-0.25, -0.2) is 4.79 Å². The fraction of sp³-hybridized carbons (Fsp3) is 0.188. The molecule has 0 saturated carbocycles. The zero-order chi connectivity index (χ0) is 14.7. The standard InChI is InChI=1S/C16H18N2O2/c1-10-4-5-11(2)15(8-10)18-12-6-7-14(17)13(9-12)16(19)20-3/h4-9,18H,17H2,1-3H3. The first kappa shape index (κ1) is 13.9. The Morgan fingerprint density at radius 3 is 2.60 bits per heavy atom. The maximum Gasteiger partial charge on any atom is 0.340 e. The monoisotopic (exact) mass is 270 g/mol. The van der Waals surface area contributed by atoms with Gasteiger partial charge in [0.2, 0.25) is 0 Å². The summed E-state index contributed by atoms with van der Waals surface area (Å²) in [5.41, 5.74) is 10.7. The number of nitrogens with two attached hydrogens (primary N) is 1. The van der Waals surface area contributed by atoms with Gasteiger partial charge in [0.05, 0.1) is 12.7 Å². The van der Waals surface area contributed by atoms with E-state index < -0.39 is 5.97 Å². The highest BCUT2D eigenvalue weighted by molar-refractivity contribution is 5.96. The van der Waals surface area contributed by atoms with Crippen molar-refractivity contribution in [3.05, 3.63) is 53.1 Å². The molecule has 0 amide bonds. The van der Waals surface area contributed by atoms with Crippen LogP contribution in [0.25, 0.3) is 0 Å². The van der Waals surface area contributed by atoms with E-state index in [1.54, 1.807) is 12.1 Å². The molecule has 0 fully saturated rings. The Kier molecular flexibility index (Phi) is 3.94. The number of nitrogens with one attached hydrogen (secondary N) is 1. The number of ether oxygens (including phenoxy) is 1. The quantitative estimate of drug-likeness (QED) is 0.662. The molecule has 20 heavy (non-hydrogen) atoms. The number of aryl methyl sites for hydroxylation is 2. The summed E-state index contributed by atoms with van der Waals surface area (Å²) in [6.45, 7) is 4.06. The SMILES string of the molecule is COC(=O)c1cc(Nc2cc(C)ccc2C)ccc1N. The Morgan fingerprint density at radius 2 is 1.90 bits per heavy atom. The molecule has 2 aromatic carbocycles. The number of nitrogen functional groups attached to an aromatic ring is 1. The van der Waals surface area contributed by atoms with Crippen LogP contribution in [0.1, 0.15) is 21.5 Å². The van der Waals surface area contributed by atoms with E-state index in [0.717, 1.165) is 16.9 Å². The van der Waals surface area contributed by atoms with Gasteiger partial charge in [0.1, 0.15) is 0 Å². The highest BCUT2D eigenvalue weighted by Gasteiger charge is 2.11. The zero-order valence-corrected chi connectivity index (χ0v) is 11.9. The molecule has 104 valence electrons. The largest absolute Gasteiger partial charge is 0.465 e. The number of esters is 1. The van der Waals surface area contributed by atoms with E-state index >= 15 is 0 Å². The molecular formula is C16H18N2O2. The van der Waals surface area contributed by atoms with Crippen molar-refractivity contribution in [3.8, 4) is 0 Å². The molecular weight excluding hydrogens is 252 g/mol. The predicted molar refractivity (Wildman–Crippen MR) is 81.4 cm³/mol. The summed E-state index contributed by atoms with van der Waals surface area (Å²) in [6, 6.07) is 11.4. The average Bonchev–Trinajstić information content (AvgIpc) is 2.44. The van der Waals surface area contributed by atoms with Crippen LogP contribution in [0.5, 0.6) is 0 Å². The van der Waals surface area contributed by atoms with Crippen LogP contribution >= 0.6 is 0 Å². The number of hydrogen-bond acceptors (Lipinski definition) is 4. The number of methoxy groups -OCH3 is 1. The second-order valence-corrected chi connectivity index (χ2v) is 4.74. The van der Waals surface area contributed by atoms with Gasteiger partial charge in [0.15, 0.2) is 0 Å². The normalized spacial score (nSPS) is 10.2. The first-order chi connectivity index (χ1) is 9.51. The van der Waals surface area contributed by atoms with Gasteiger partial charge in [-0.05, 0) is 49.2 Å². The van der Waals surface area contributed by atoms with Crippen molar-refractivity contribution >= 4 is 23.0 Å². The number of rotatable bonds is 3. The minimum Gasteiger partial charge on any atom is -0.465 e. The van der Waals surface area contributed by atoms with Crippen LogP contribution in [0.4, 0.5) is 17.1 Å². The molecule has 0 aliphatic carbocycles. The fourth-order valence-electron chi connectivity index (χ4n) is 1.95. The van der Waals surface area contributed by atoms with Crippen LogP contribution in [-0.2, 0) is 4.74 Å². The van der Waals surface area contributed by atoms with Crippen molar-refractivity contribution in [3.63, 3.8) is 0 Å². The van der Waals surface area contributed by atoms with E-state index in [2.05, 4.69) is 23.5 Å². The molecule has 0 aliphatic rings. The Morgan fingerprint density at radius 1 is 1.15 bits per heavy atom. The van der Waals surface area contributed by atoms with Gasteiger partial charge >= 0.3 is 5.97 Å². The summed E-state index contributed by atoms with van der Waals surface area (Å²) in [5.74, 6) is -0.438. The Balaban J connectivity index is 2.34. The summed E-state index contributed by atoms with van der Waals surface area (Å²) in [6.07, 6.45) is 0. The fourth-order valence-corrected chi connectivity index (χ4v) is 1.95. The molecule has 0 atom stereocenters. The third-order valence-corrected chi connectivity index (χ3v) is 3.13. The summed E-state index contributed by atoms with van der Waals surface area (Å²) >= 11 is 0. The highest BCUT2D eigenvalue weighted by Crippen LogP contribution is 2.25. The highest BCUT2D eigenvalue weighted by atomic mass is 16.5. The maximum absolute atomic E-state index is 11.6. The molecule has 4 heteroatoms. The van der Waals surface area contributed by atoms with Crippen molar-refractivity contribution in [1.29, 1.82) is 0 Å². The summed E-state index contributed by atoms with van der Waals surface area (Å²) in [4.78, 5) is 11.6. The lowest BCUT2D eigenvalue weighted by Gasteiger charge is -2.12. The molecule has 3 N–H and O–H groups in total. The number of anilines is 3. The lowest BCUT2D eigenvalue weighted by molar-refractivity contribution is 0.0602. The number of carbonyl (C=O) groups excluding carboxylic acids is 1. The lowest BCUT2D eigenvalue weighted by atomic mass is 10.1. The first-order valence-electron chi connectivity index (χ1n) is 6.33.